The molecular weight excluding hydrogens is 878 g/mol. The van der Waals surface area contributed by atoms with Crippen molar-refractivity contribution in [2.45, 2.75) is 140 Å². The Kier molecular flexibility index (Phi) is 16.5. The molecule has 4 saturated carbocycles. The van der Waals surface area contributed by atoms with Gasteiger partial charge in [0.05, 0.1) is 43.5 Å². The molecule has 0 spiro atoms. The molecule has 67 heavy (non-hydrogen) atoms. The van der Waals surface area contributed by atoms with Crippen molar-refractivity contribution in [2.24, 2.45) is 21.8 Å². The van der Waals surface area contributed by atoms with E-state index in [-0.39, 0.29) is 19.5 Å². The van der Waals surface area contributed by atoms with Gasteiger partial charge in [0, 0.05) is 17.5 Å². The van der Waals surface area contributed by atoms with Gasteiger partial charge in [0.1, 0.15) is 17.6 Å². The van der Waals surface area contributed by atoms with Crippen molar-refractivity contribution in [3.05, 3.63) is 147 Å². The number of nitrogens with zero attached hydrogens (tertiary/aromatic N) is 6. The molecule has 0 amide bonds. The summed E-state index contributed by atoms with van der Waals surface area (Å²) in [4.78, 5) is 24.3. The van der Waals surface area contributed by atoms with Crippen molar-refractivity contribution in [3.8, 4) is 17.6 Å². The number of aliphatic imine (C=N–C) groups is 2. The second-order valence-corrected chi connectivity index (χ2v) is 19.1. The van der Waals surface area contributed by atoms with Crippen molar-refractivity contribution < 1.29 is 29.0 Å². The molecule has 2 aliphatic heterocycles. The summed E-state index contributed by atoms with van der Waals surface area (Å²) < 4.78 is 10.8. The zero-order valence-corrected chi connectivity index (χ0v) is 42.7. The molecule has 4 aliphatic carbocycles. The summed E-state index contributed by atoms with van der Waals surface area (Å²) in [6, 6.07) is 25.0. The number of rotatable bonds is 10. The minimum atomic E-state index is 0. The van der Waals surface area contributed by atoms with Crippen LogP contribution in [0, 0.1) is 29.7 Å². The Hall–Kier alpha value is -5.50. The Labute approximate surface area is 411 Å². The van der Waals surface area contributed by atoms with Crippen LogP contribution in [0.4, 0.5) is 5.69 Å². The fourth-order valence-electron chi connectivity index (χ4n) is 11.3. The van der Waals surface area contributed by atoms with Crippen molar-refractivity contribution >= 4 is 28.3 Å². The van der Waals surface area contributed by atoms with E-state index in [0.717, 1.165) is 99.2 Å². The Morgan fingerprint density at radius 3 is 1.66 bits per heavy atom. The molecule has 9 heteroatoms. The van der Waals surface area contributed by atoms with Crippen molar-refractivity contribution in [1.82, 2.24) is 9.97 Å². The van der Waals surface area contributed by atoms with E-state index < -0.39 is 0 Å². The molecule has 4 fully saturated rings. The maximum Gasteiger partial charge on any atom is 2.00 e. The molecule has 0 atom stereocenters. The van der Waals surface area contributed by atoms with E-state index in [1.54, 1.807) is 14.2 Å². The maximum atomic E-state index is 9.90. The molecule has 0 bridgehead atoms. The summed E-state index contributed by atoms with van der Waals surface area (Å²) in [5, 5.41) is 9.90. The topological polar surface area (TPSA) is 99.5 Å². The molecule has 0 radical (unpaired) electrons. The monoisotopic (exact) mass is 940 g/mol. The van der Waals surface area contributed by atoms with E-state index in [9.17, 15) is 5.26 Å². The second kappa shape index (κ2) is 23.0. The Bertz CT molecular complexity index is 2600. The molecule has 2 aromatic heterocycles. The van der Waals surface area contributed by atoms with Gasteiger partial charge in [-0.15, -0.1) is 11.4 Å². The van der Waals surface area contributed by atoms with Crippen molar-refractivity contribution in [1.29, 1.82) is 5.26 Å². The average molecular weight is 943 g/mol. The third-order valence-corrected chi connectivity index (χ3v) is 15.0. The molecule has 0 saturated heterocycles. The first-order valence-corrected chi connectivity index (χ1v) is 25.0. The number of hydrogen-bond donors (Lipinski definition) is 0. The van der Waals surface area contributed by atoms with Crippen LogP contribution in [0.1, 0.15) is 174 Å². The van der Waals surface area contributed by atoms with E-state index in [0.29, 0.717) is 29.4 Å². The largest absolute Gasteiger partial charge is 2.00 e. The van der Waals surface area contributed by atoms with E-state index in [1.807, 2.05) is 36.4 Å². The molecule has 8 nitrogen and oxygen atoms in total. The summed E-state index contributed by atoms with van der Waals surface area (Å²) in [7, 11) is 3.37. The predicted molar refractivity (Wildman–Crippen MR) is 266 cm³/mol. The van der Waals surface area contributed by atoms with Crippen LogP contribution < -0.4 is 19.4 Å². The molecule has 6 aliphatic rings. The minimum absolute atomic E-state index is 0. The molecule has 340 valence electrons. The van der Waals surface area contributed by atoms with Gasteiger partial charge in [0.2, 0.25) is 0 Å². The van der Waals surface area contributed by atoms with E-state index >= 15 is 0 Å². The third kappa shape index (κ3) is 11.1. The zero-order chi connectivity index (χ0) is 45.2. The average Bonchev–Trinajstić information content (AvgIpc) is 4.24. The zero-order valence-electron chi connectivity index (χ0n) is 39.7. The van der Waals surface area contributed by atoms with E-state index in [1.165, 1.54) is 114 Å². The number of ether oxygens (including phenoxy) is 2. The van der Waals surface area contributed by atoms with Crippen molar-refractivity contribution in [3.63, 3.8) is 0 Å². The summed E-state index contributed by atoms with van der Waals surface area (Å²) in [6.07, 6.45) is 31.1. The van der Waals surface area contributed by atoms with E-state index in [2.05, 4.69) is 59.5 Å². The van der Waals surface area contributed by atoms with Crippen LogP contribution in [-0.2, 0) is 19.5 Å². The third-order valence-electron chi connectivity index (χ3n) is 15.0. The molecular formula is C58H64N6O2Zn. The van der Waals surface area contributed by atoms with Gasteiger partial charge in [-0.25, -0.2) is 4.85 Å². The van der Waals surface area contributed by atoms with Gasteiger partial charge in [-0.05, 0) is 128 Å². The normalized spacial score (nSPS) is 20.9. The summed E-state index contributed by atoms with van der Waals surface area (Å²) in [6.45, 7) is 7.80. The number of allylic oxidation sites excluding steroid dienone is 4. The van der Waals surface area contributed by atoms with Crippen LogP contribution in [0.3, 0.4) is 0 Å². The van der Waals surface area contributed by atoms with Gasteiger partial charge in [0.15, 0.2) is 5.69 Å². The standard InChI is InChI=1S/2C29H32N3O.Zn/c1-30-27-19-26(32-29(27)22-11-7-4-8-12-22)28(21-13-15-23(33-2)16-14-21)25-18-17-24(31-25)20-9-5-3-6-10-20;1-33-24-14-12-21(13-15-24)28(26-17-16-25(31-26)20-8-4-2-5-9-20)27-18-23(19-30)29(32-27)22-10-6-3-7-11-22;/h13-20,22H,3-12H2,2H3;12-18,20,22H,2-11H2,1H3;/q2*-1;+2/b28-25-;28-27-;. The fourth-order valence-corrected chi connectivity index (χ4v) is 11.3. The number of hydrogen-bond acceptors (Lipinski definition) is 5. The Morgan fingerprint density at radius 1 is 0.597 bits per heavy atom. The molecule has 2 aromatic carbocycles. The first kappa shape index (κ1) is 48.0. The molecule has 0 unspecified atom stereocenters. The quantitative estimate of drug-likeness (QED) is 0.116. The molecule has 0 N–H and O–H groups in total. The molecule has 4 aromatic rings. The first-order valence-electron chi connectivity index (χ1n) is 25.0. The SMILES string of the molecule is COc1ccc(/C(=C2\C=C(C#N)C(C3CCCCC3)=N2)c2ccc(C3CCCCC3)[n-]2)cc1.[C-]#[N+]c1cc(/C(=C2/C=CC(C3CCCCC3)=N2)c2ccc(OC)cc2)[n-]c1C1CCCCC1.[Zn+2]. The van der Waals surface area contributed by atoms with Gasteiger partial charge in [-0.1, -0.05) is 120 Å². The first-order chi connectivity index (χ1) is 32.5. The maximum absolute atomic E-state index is 9.90. The summed E-state index contributed by atoms with van der Waals surface area (Å²) in [5.74, 6) is 3.58. The van der Waals surface area contributed by atoms with Crippen LogP contribution in [0.2, 0.25) is 0 Å². The Balaban J connectivity index is 0.000000179. The number of aromatic nitrogens is 2. The molecule has 10 rings (SSSR count). The second-order valence-electron chi connectivity index (χ2n) is 19.1. The Morgan fingerprint density at radius 2 is 1.12 bits per heavy atom. The van der Waals surface area contributed by atoms with Gasteiger partial charge in [-0.2, -0.15) is 16.6 Å². The van der Waals surface area contributed by atoms with Crippen LogP contribution in [0.15, 0.2) is 112 Å². The minimum Gasteiger partial charge on any atom is -0.671 e. The summed E-state index contributed by atoms with van der Waals surface area (Å²) >= 11 is 0. The number of methoxy groups -OCH3 is 2. The number of nitriles is 1. The number of benzene rings is 2. The van der Waals surface area contributed by atoms with Crippen molar-refractivity contribution in [2.75, 3.05) is 14.2 Å². The predicted octanol–water partition coefficient (Wildman–Crippen LogP) is 14.5. The van der Waals surface area contributed by atoms with Crippen LogP contribution in [-0.4, -0.2) is 25.6 Å². The van der Waals surface area contributed by atoms with Crippen LogP contribution in [0.5, 0.6) is 11.5 Å². The smallest absolute Gasteiger partial charge is 0.671 e. The fraction of sp³-hybridized carbons (Fsp3) is 0.448. The van der Waals surface area contributed by atoms with Crippen LogP contribution >= 0.6 is 0 Å². The summed E-state index contributed by atoms with van der Waals surface area (Å²) in [5.41, 5.74) is 13.6. The van der Waals surface area contributed by atoms with Gasteiger partial charge >= 0.3 is 19.5 Å². The van der Waals surface area contributed by atoms with Gasteiger partial charge in [0.25, 0.3) is 0 Å². The molecule has 4 heterocycles. The van der Waals surface area contributed by atoms with E-state index in [4.69, 9.17) is 36.0 Å². The van der Waals surface area contributed by atoms with Crippen LogP contribution in [0.25, 0.3) is 16.0 Å². The van der Waals surface area contributed by atoms with Gasteiger partial charge < -0.3 is 19.4 Å². The van der Waals surface area contributed by atoms with Gasteiger partial charge in [-0.3, -0.25) is 9.98 Å².